The molecule has 2 atom stereocenters. The molecule has 0 spiro atoms. The van der Waals surface area contributed by atoms with E-state index >= 15 is 0 Å². The van der Waals surface area contributed by atoms with Gasteiger partial charge in [0.15, 0.2) is 5.75 Å². The summed E-state index contributed by atoms with van der Waals surface area (Å²) in [6.45, 7) is 3.66. The maximum atomic E-state index is 13.2. The molecule has 1 amide bonds. The van der Waals surface area contributed by atoms with Gasteiger partial charge in [-0.3, -0.25) is 9.59 Å². The van der Waals surface area contributed by atoms with Gasteiger partial charge in [-0.25, -0.2) is 4.39 Å². The lowest BCUT2D eigenvalue weighted by Gasteiger charge is -2.45. The van der Waals surface area contributed by atoms with E-state index in [9.17, 15) is 19.1 Å². The number of amides is 1. The van der Waals surface area contributed by atoms with E-state index in [0.29, 0.717) is 24.4 Å². The molecule has 1 aromatic carbocycles. The summed E-state index contributed by atoms with van der Waals surface area (Å²) in [5, 5.41) is 13.7. The first-order valence-electron chi connectivity index (χ1n) is 11.1. The summed E-state index contributed by atoms with van der Waals surface area (Å²) >= 11 is 0. The van der Waals surface area contributed by atoms with Crippen LogP contribution in [0.2, 0.25) is 0 Å². The van der Waals surface area contributed by atoms with Crippen molar-refractivity contribution in [1.29, 1.82) is 0 Å². The highest BCUT2D eigenvalue weighted by Gasteiger charge is 2.38. The van der Waals surface area contributed by atoms with Crippen LogP contribution in [-0.2, 0) is 11.3 Å². The Bertz CT molecular complexity index is 1150. The van der Waals surface area contributed by atoms with Crippen molar-refractivity contribution < 1.29 is 19.0 Å². The number of allylic oxidation sites excluding steroid dienone is 1. The van der Waals surface area contributed by atoms with Crippen LogP contribution in [0.5, 0.6) is 5.75 Å². The predicted octanol–water partition coefficient (Wildman–Crippen LogP) is 3.14. The quantitative estimate of drug-likeness (QED) is 0.768. The minimum Gasteiger partial charge on any atom is -0.503 e. The average Bonchev–Trinajstić information content (AvgIpc) is 2.75. The molecule has 0 radical (unpaired) electrons. The van der Waals surface area contributed by atoms with Gasteiger partial charge in [-0.05, 0) is 55.9 Å². The van der Waals surface area contributed by atoms with Gasteiger partial charge in [-0.15, -0.1) is 0 Å². The van der Waals surface area contributed by atoms with Crippen molar-refractivity contribution in [3.63, 3.8) is 0 Å². The van der Waals surface area contributed by atoms with Crippen LogP contribution in [0, 0.1) is 5.82 Å². The van der Waals surface area contributed by atoms with Gasteiger partial charge < -0.3 is 24.6 Å². The molecule has 7 nitrogen and oxygen atoms in total. The number of carbonyl (C=O) groups is 1. The zero-order valence-electron chi connectivity index (χ0n) is 17.9. The summed E-state index contributed by atoms with van der Waals surface area (Å²) in [5.41, 5.74) is 2.48. The molecule has 8 heteroatoms. The van der Waals surface area contributed by atoms with Crippen molar-refractivity contribution in [3.8, 4) is 5.75 Å². The lowest BCUT2D eigenvalue weighted by atomic mass is 9.87. The Kier molecular flexibility index (Phi) is 5.25. The second-order valence-corrected chi connectivity index (χ2v) is 8.65. The molecule has 3 heterocycles. The maximum absolute atomic E-state index is 13.2. The van der Waals surface area contributed by atoms with E-state index < -0.39 is 23.1 Å². The molecule has 1 aromatic heterocycles. The van der Waals surface area contributed by atoms with Crippen LogP contribution in [0.4, 0.5) is 4.39 Å². The minimum atomic E-state index is -0.686. The molecular weight excluding hydrogens is 413 g/mol. The normalized spacial score (nSPS) is 20.8. The molecule has 2 N–H and O–H groups in total. The number of benzene rings is 1. The highest BCUT2D eigenvalue weighted by molar-refractivity contribution is 5.95. The number of aromatic hydroxyl groups is 1. The summed E-state index contributed by atoms with van der Waals surface area (Å²) in [7, 11) is 0. The minimum absolute atomic E-state index is 0.123. The van der Waals surface area contributed by atoms with E-state index in [0.717, 1.165) is 37.9 Å². The number of nitrogens with one attached hydrogen (secondary N) is 1. The number of carbonyl (C=O) groups excluding carboxylic acids is 1. The van der Waals surface area contributed by atoms with Gasteiger partial charge in [0.05, 0.1) is 24.9 Å². The summed E-state index contributed by atoms with van der Waals surface area (Å²) < 4.78 is 20.9. The molecule has 0 bridgehead atoms. The number of aromatic nitrogens is 1. The zero-order valence-corrected chi connectivity index (χ0v) is 17.9. The molecule has 3 aliphatic rings. The Hall–Kier alpha value is -3.13. The SMILES string of the molecule is C[C@H](NC(=O)c1cn2c(c(O)c1=O)C(=C1CCC1)N1CCCOC1C2)c1ccc(F)cc1. The van der Waals surface area contributed by atoms with E-state index in [2.05, 4.69) is 10.2 Å². The van der Waals surface area contributed by atoms with Crippen molar-refractivity contribution >= 4 is 11.6 Å². The van der Waals surface area contributed by atoms with Crippen LogP contribution in [0.1, 0.15) is 60.3 Å². The fourth-order valence-electron chi connectivity index (χ4n) is 4.67. The van der Waals surface area contributed by atoms with Crippen LogP contribution in [0.3, 0.4) is 0 Å². The zero-order chi connectivity index (χ0) is 22.4. The van der Waals surface area contributed by atoms with E-state index in [1.54, 1.807) is 23.6 Å². The molecule has 168 valence electrons. The van der Waals surface area contributed by atoms with Gasteiger partial charge in [0.2, 0.25) is 5.43 Å². The third-order valence-electron chi connectivity index (χ3n) is 6.58. The van der Waals surface area contributed by atoms with Crippen LogP contribution >= 0.6 is 0 Å². The van der Waals surface area contributed by atoms with Gasteiger partial charge in [0.25, 0.3) is 5.91 Å². The molecule has 32 heavy (non-hydrogen) atoms. The lowest BCUT2D eigenvalue weighted by molar-refractivity contribution is -0.0817. The Labute approximate surface area is 185 Å². The fraction of sp³-hybridized carbons (Fsp3) is 0.417. The van der Waals surface area contributed by atoms with Crippen molar-refractivity contribution in [1.82, 2.24) is 14.8 Å². The predicted molar refractivity (Wildman–Crippen MR) is 116 cm³/mol. The number of rotatable bonds is 3. The summed E-state index contributed by atoms with van der Waals surface area (Å²) in [6, 6.07) is 5.38. The largest absolute Gasteiger partial charge is 0.503 e. The molecular formula is C24H26FN3O4. The Morgan fingerprint density at radius 1 is 1.25 bits per heavy atom. The Morgan fingerprint density at radius 2 is 2.00 bits per heavy atom. The molecule has 2 fully saturated rings. The smallest absolute Gasteiger partial charge is 0.257 e. The fourth-order valence-corrected chi connectivity index (χ4v) is 4.67. The number of fused-ring (bicyclic) bond motifs is 2. The van der Waals surface area contributed by atoms with Gasteiger partial charge in [0, 0.05) is 12.7 Å². The third kappa shape index (κ3) is 3.48. The number of halogens is 1. The van der Waals surface area contributed by atoms with E-state index in [4.69, 9.17) is 4.74 Å². The van der Waals surface area contributed by atoms with Gasteiger partial charge in [-0.2, -0.15) is 0 Å². The number of hydrogen-bond acceptors (Lipinski definition) is 5. The molecule has 1 aliphatic carbocycles. The van der Waals surface area contributed by atoms with Gasteiger partial charge in [0.1, 0.15) is 23.3 Å². The van der Waals surface area contributed by atoms with Crippen LogP contribution in [-0.4, -0.2) is 39.9 Å². The first-order chi connectivity index (χ1) is 15.4. The Balaban J connectivity index is 1.51. The van der Waals surface area contributed by atoms with E-state index in [1.165, 1.54) is 23.9 Å². The van der Waals surface area contributed by atoms with Crippen molar-refractivity contribution in [2.45, 2.75) is 51.4 Å². The maximum Gasteiger partial charge on any atom is 0.257 e. The van der Waals surface area contributed by atoms with Crippen molar-refractivity contribution in [2.75, 3.05) is 13.2 Å². The molecule has 1 unspecified atom stereocenters. The molecule has 2 aliphatic heterocycles. The molecule has 1 saturated heterocycles. The number of pyridine rings is 1. The van der Waals surface area contributed by atoms with Crippen LogP contribution in [0.25, 0.3) is 5.70 Å². The summed E-state index contributed by atoms with van der Waals surface area (Å²) in [5.74, 6) is -1.34. The first kappa shape index (κ1) is 20.8. The summed E-state index contributed by atoms with van der Waals surface area (Å²) in [4.78, 5) is 28.1. The highest BCUT2D eigenvalue weighted by atomic mass is 19.1. The first-order valence-corrected chi connectivity index (χ1v) is 11.1. The van der Waals surface area contributed by atoms with E-state index in [-0.39, 0.29) is 17.6 Å². The van der Waals surface area contributed by atoms with Crippen LogP contribution in [0.15, 0.2) is 40.8 Å². The average molecular weight is 439 g/mol. The second kappa shape index (κ2) is 8.09. The van der Waals surface area contributed by atoms with E-state index in [1.807, 2.05) is 0 Å². The number of ether oxygens (including phenoxy) is 1. The Morgan fingerprint density at radius 3 is 2.69 bits per heavy atom. The summed E-state index contributed by atoms with van der Waals surface area (Å²) in [6.07, 6.45) is 5.19. The second-order valence-electron chi connectivity index (χ2n) is 8.65. The standard InChI is InChI=1S/C24H26FN3O4/c1-14(15-6-8-17(25)9-7-15)26-24(31)18-12-27-13-19-28(10-3-11-32-19)20(16-4-2-5-16)21(27)23(30)22(18)29/h6-9,12,14,19,30H,2-5,10-11,13H2,1H3,(H,26,31)/t14-,19?/m0/s1. The topological polar surface area (TPSA) is 83.8 Å². The van der Waals surface area contributed by atoms with Crippen LogP contribution < -0.4 is 10.7 Å². The van der Waals surface area contributed by atoms with Gasteiger partial charge >= 0.3 is 0 Å². The number of nitrogens with zero attached hydrogens (tertiary/aromatic N) is 2. The molecule has 2 aromatic rings. The highest BCUT2D eigenvalue weighted by Crippen LogP contribution is 2.42. The molecule has 5 rings (SSSR count). The lowest BCUT2D eigenvalue weighted by Crippen LogP contribution is -2.49. The molecule has 1 saturated carbocycles. The monoisotopic (exact) mass is 439 g/mol. The number of hydrogen-bond donors (Lipinski definition) is 2. The van der Waals surface area contributed by atoms with Gasteiger partial charge in [-0.1, -0.05) is 12.1 Å². The van der Waals surface area contributed by atoms with Crippen molar-refractivity contribution in [2.24, 2.45) is 0 Å². The van der Waals surface area contributed by atoms with Crippen molar-refractivity contribution in [3.05, 3.63) is 68.9 Å². The third-order valence-corrected chi connectivity index (χ3v) is 6.58.